The third-order valence-electron chi connectivity index (χ3n) is 3.56. The predicted molar refractivity (Wildman–Crippen MR) is 70.5 cm³/mol. The fraction of sp³-hybridized carbons (Fsp3) is 0.417. The van der Waals surface area contributed by atoms with E-state index in [0.717, 1.165) is 0 Å². The zero-order valence-electron chi connectivity index (χ0n) is 10.8. The highest BCUT2D eigenvalue weighted by Crippen LogP contribution is 2.37. The molecule has 1 fully saturated rings. The Morgan fingerprint density at radius 2 is 2.19 bits per heavy atom. The van der Waals surface area contributed by atoms with Crippen LogP contribution in [-0.4, -0.2) is 59.3 Å². The van der Waals surface area contributed by atoms with E-state index < -0.39 is 30.6 Å². The van der Waals surface area contributed by atoms with Crippen LogP contribution in [0.25, 0.3) is 11.2 Å². The average Bonchev–Trinajstić information content (AvgIpc) is 3.02. The van der Waals surface area contributed by atoms with Crippen molar-refractivity contribution in [2.24, 2.45) is 0 Å². The van der Waals surface area contributed by atoms with Crippen LogP contribution in [0.1, 0.15) is 6.23 Å². The minimum Gasteiger partial charge on any atom is -0.392 e. The first-order valence-corrected chi connectivity index (χ1v) is 6.09. The number of terminal acetylenes is 1. The summed E-state index contributed by atoms with van der Waals surface area (Å²) in [6.07, 6.45) is 4.04. The summed E-state index contributed by atoms with van der Waals surface area (Å²) >= 11 is 0. The van der Waals surface area contributed by atoms with Gasteiger partial charge in [0.2, 0.25) is 0 Å². The summed E-state index contributed by atoms with van der Waals surface area (Å²) in [4.78, 5) is 11.9. The number of aliphatic hydroxyl groups excluding tert-OH is 3. The van der Waals surface area contributed by atoms with Crippen molar-refractivity contribution in [3.63, 3.8) is 0 Å². The standard InChI is InChI=1S/C12H13N5O4/c1-2-12(3-18)8(20)7(19)11(21-12)17-5-16-6-9(13)14-4-15-10(6)17/h1,4-5,7-8,11,18-20H,3H2,(H2,13,14,15)/t7-,8+,11-,12?/m1/s1. The second kappa shape index (κ2) is 4.64. The molecule has 1 unspecified atom stereocenters. The SMILES string of the molecule is C#CC1(CO)O[C@@H](n2cnc3c(N)ncnc32)[C@H](O)[C@@H]1O. The number of anilines is 1. The molecule has 1 aliphatic rings. The molecule has 0 spiro atoms. The number of nitrogens with zero attached hydrogens (tertiary/aromatic N) is 4. The Morgan fingerprint density at radius 3 is 2.81 bits per heavy atom. The molecule has 0 saturated carbocycles. The van der Waals surface area contributed by atoms with E-state index in [0.29, 0.717) is 11.2 Å². The third kappa shape index (κ3) is 1.78. The Kier molecular flexibility index (Phi) is 3.03. The molecule has 0 aromatic carbocycles. The number of aromatic nitrogens is 4. The van der Waals surface area contributed by atoms with Gasteiger partial charge >= 0.3 is 0 Å². The zero-order valence-corrected chi connectivity index (χ0v) is 10.8. The summed E-state index contributed by atoms with van der Waals surface area (Å²) in [6, 6.07) is 0. The number of rotatable bonds is 2. The number of nitrogens with two attached hydrogens (primary N) is 1. The van der Waals surface area contributed by atoms with Gasteiger partial charge in [-0.25, -0.2) is 15.0 Å². The molecule has 0 aliphatic carbocycles. The van der Waals surface area contributed by atoms with Crippen LogP contribution in [0.2, 0.25) is 0 Å². The van der Waals surface area contributed by atoms with E-state index >= 15 is 0 Å². The molecule has 1 saturated heterocycles. The second-order valence-corrected chi connectivity index (χ2v) is 4.72. The van der Waals surface area contributed by atoms with Gasteiger partial charge in [-0.2, -0.15) is 0 Å². The van der Waals surface area contributed by atoms with Crippen LogP contribution in [0.4, 0.5) is 5.82 Å². The van der Waals surface area contributed by atoms with Gasteiger partial charge in [0.1, 0.15) is 24.1 Å². The van der Waals surface area contributed by atoms with E-state index in [9.17, 15) is 15.3 Å². The fourth-order valence-electron chi connectivity index (χ4n) is 2.36. The van der Waals surface area contributed by atoms with Crippen LogP contribution >= 0.6 is 0 Å². The number of aliphatic hydroxyl groups is 3. The molecule has 3 rings (SSSR count). The minimum absolute atomic E-state index is 0.178. The number of hydrogen-bond acceptors (Lipinski definition) is 8. The molecule has 0 radical (unpaired) electrons. The smallest absolute Gasteiger partial charge is 0.182 e. The molecular weight excluding hydrogens is 278 g/mol. The maximum Gasteiger partial charge on any atom is 0.182 e. The van der Waals surface area contributed by atoms with Crippen LogP contribution in [-0.2, 0) is 4.74 Å². The highest BCUT2D eigenvalue weighted by atomic mass is 16.6. The Labute approximate surface area is 119 Å². The average molecular weight is 291 g/mol. The zero-order chi connectivity index (χ0) is 15.2. The normalized spacial score (nSPS) is 32.4. The van der Waals surface area contributed by atoms with Crippen LogP contribution < -0.4 is 5.73 Å². The van der Waals surface area contributed by atoms with E-state index in [1.54, 1.807) is 0 Å². The Balaban J connectivity index is 2.08. The summed E-state index contributed by atoms with van der Waals surface area (Å²) < 4.78 is 6.88. The number of imidazole rings is 1. The van der Waals surface area contributed by atoms with Crippen LogP contribution in [0, 0.1) is 12.3 Å². The Bertz CT molecular complexity index is 726. The summed E-state index contributed by atoms with van der Waals surface area (Å²) in [5, 5.41) is 29.6. The van der Waals surface area contributed by atoms with Gasteiger partial charge in [-0.1, -0.05) is 5.92 Å². The minimum atomic E-state index is -1.68. The molecule has 0 amide bonds. The topological polar surface area (TPSA) is 140 Å². The van der Waals surface area contributed by atoms with Crippen molar-refractivity contribution < 1.29 is 20.1 Å². The Hall–Kier alpha value is -2.25. The van der Waals surface area contributed by atoms with E-state index in [1.165, 1.54) is 17.2 Å². The summed E-state index contributed by atoms with van der Waals surface area (Å²) in [5.41, 5.74) is 4.66. The lowest BCUT2D eigenvalue weighted by Crippen LogP contribution is -2.44. The van der Waals surface area contributed by atoms with Crippen molar-refractivity contribution in [2.45, 2.75) is 24.0 Å². The number of hydrogen-bond donors (Lipinski definition) is 4. The molecule has 1 aliphatic heterocycles. The first-order valence-electron chi connectivity index (χ1n) is 6.09. The van der Waals surface area contributed by atoms with Crippen molar-refractivity contribution in [3.05, 3.63) is 12.7 Å². The first-order chi connectivity index (χ1) is 10.0. The largest absolute Gasteiger partial charge is 0.392 e. The lowest BCUT2D eigenvalue weighted by molar-refractivity contribution is -0.0911. The number of fused-ring (bicyclic) bond motifs is 1. The van der Waals surface area contributed by atoms with Crippen molar-refractivity contribution in [1.82, 2.24) is 19.5 Å². The molecule has 9 heteroatoms. The summed E-state index contributed by atoms with van der Waals surface area (Å²) in [5.74, 6) is 2.36. The molecule has 110 valence electrons. The van der Waals surface area contributed by atoms with Gasteiger partial charge in [0.15, 0.2) is 23.3 Å². The van der Waals surface area contributed by atoms with E-state index in [-0.39, 0.29) is 5.82 Å². The summed E-state index contributed by atoms with van der Waals surface area (Å²) in [6.45, 7) is -0.637. The number of nitrogen functional groups attached to an aromatic ring is 1. The lowest BCUT2D eigenvalue weighted by atomic mass is 9.97. The van der Waals surface area contributed by atoms with Gasteiger partial charge in [0.25, 0.3) is 0 Å². The van der Waals surface area contributed by atoms with Crippen molar-refractivity contribution in [2.75, 3.05) is 12.3 Å². The molecule has 21 heavy (non-hydrogen) atoms. The first kappa shape index (κ1) is 13.7. The molecule has 0 bridgehead atoms. The highest BCUT2D eigenvalue weighted by molar-refractivity contribution is 5.81. The van der Waals surface area contributed by atoms with Gasteiger partial charge in [0, 0.05) is 0 Å². The van der Waals surface area contributed by atoms with Gasteiger partial charge in [-0.05, 0) is 0 Å². The Morgan fingerprint density at radius 1 is 1.43 bits per heavy atom. The van der Waals surface area contributed by atoms with Gasteiger partial charge in [-0.3, -0.25) is 4.57 Å². The molecule has 2 aromatic rings. The van der Waals surface area contributed by atoms with Crippen LogP contribution in [0.5, 0.6) is 0 Å². The van der Waals surface area contributed by atoms with Crippen molar-refractivity contribution in [1.29, 1.82) is 0 Å². The van der Waals surface area contributed by atoms with Crippen molar-refractivity contribution >= 4 is 17.0 Å². The maximum atomic E-state index is 10.2. The molecule has 2 aromatic heterocycles. The van der Waals surface area contributed by atoms with E-state index in [2.05, 4.69) is 20.9 Å². The van der Waals surface area contributed by atoms with Crippen LogP contribution in [0.15, 0.2) is 12.7 Å². The molecule has 4 atom stereocenters. The van der Waals surface area contributed by atoms with Crippen LogP contribution in [0.3, 0.4) is 0 Å². The van der Waals surface area contributed by atoms with Gasteiger partial charge < -0.3 is 25.8 Å². The number of ether oxygens (including phenoxy) is 1. The summed E-state index contributed by atoms with van der Waals surface area (Å²) in [7, 11) is 0. The molecule has 5 N–H and O–H groups in total. The maximum absolute atomic E-state index is 10.2. The van der Waals surface area contributed by atoms with Gasteiger partial charge in [0.05, 0.1) is 12.9 Å². The van der Waals surface area contributed by atoms with E-state index in [1.807, 2.05) is 0 Å². The fourth-order valence-corrected chi connectivity index (χ4v) is 2.36. The molecule has 9 nitrogen and oxygen atoms in total. The molecule has 3 heterocycles. The second-order valence-electron chi connectivity index (χ2n) is 4.72. The third-order valence-corrected chi connectivity index (χ3v) is 3.56. The lowest BCUT2D eigenvalue weighted by Gasteiger charge is -2.23. The predicted octanol–water partition coefficient (Wildman–Crippen LogP) is -1.98. The quantitative estimate of drug-likeness (QED) is 0.467. The van der Waals surface area contributed by atoms with Crippen molar-refractivity contribution in [3.8, 4) is 12.3 Å². The van der Waals surface area contributed by atoms with Gasteiger partial charge in [-0.15, -0.1) is 6.42 Å². The monoisotopic (exact) mass is 291 g/mol. The van der Waals surface area contributed by atoms with E-state index in [4.69, 9.17) is 16.9 Å². The highest BCUT2D eigenvalue weighted by Gasteiger charge is 2.54. The molecular formula is C12H13N5O4.